The molecular formula is C20H19N3O3. The van der Waals surface area contributed by atoms with Gasteiger partial charge in [0.2, 0.25) is 5.91 Å². The topological polar surface area (TPSA) is 64.9 Å². The number of hydrogen-bond donors (Lipinski definition) is 1. The van der Waals surface area contributed by atoms with Crippen LogP contribution >= 0.6 is 0 Å². The highest BCUT2D eigenvalue weighted by atomic mass is 16.6. The van der Waals surface area contributed by atoms with Crippen molar-refractivity contribution in [2.24, 2.45) is 0 Å². The van der Waals surface area contributed by atoms with Crippen LogP contribution in [0.5, 0.6) is 11.5 Å². The van der Waals surface area contributed by atoms with Crippen LogP contribution in [0.3, 0.4) is 0 Å². The van der Waals surface area contributed by atoms with Crippen LogP contribution in [-0.4, -0.2) is 28.5 Å². The molecule has 0 radical (unpaired) electrons. The van der Waals surface area contributed by atoms with Crippen molar-refractivity contribution in [3.05, 3.63) is 59.0 Å². The summed E-state index contributed by atoms with van der Waals surface area (Å²) in [6.45, 7) is 3.62. The third kappa shape index (κ3) is 2.41. The largest absolute Gasteiger partial charge is 0.486 e. The summed E-state index contributed by atoms with van der Waals surface area (Å²) in [6, 6.07) is 10.1. The first-order valence-corrected chi connectivity index (χ1v) is 8.83. The summed E-state index contributed by atoms with van der Waals surface area (Å²) in [5.41, 5.74) is 5.09. The van der Waals surface area contributed by atoms with Crippen LogP contribution in [0.4, 0.5) is 0 Å². The Morgan fingerprint density at radius 1 is 1.15 bits per heavy atom. The molecular weight excluding hydrogens is 330 g/mol. The maximum absolute atomic E-state index is 12.3. The van der Waals surface area contributed by atoms with Crippen molar-refractivity contribution < 1.29 is 14.3 Å². The van der Waals surface area contributed by atoms with Gasteiger partial charge in [0, 0.05) is 18.5 Å². The van der Waals surface area contributed by atoms with Crippen molar-refractivity contribution in [1.82, 2.24) is 14.7 Å². The summed E-state index contributed by atoms with van der Waals surface area (Å²) >= 11 is 0. The lowest BCUT2D eigenvalue weighted by Gasteiger charge is -2.21. The molecule has 4 heterocycles. The minimum atomic E-state index is -0.0824. The number of nitrogens with one attached hydrogen (secondary N) is 1. The van der Waals surface area contributed by atoms with E-state index in [0.29, 0.717) is 26.2 Å². The van der Waals surface area contributed by atoms with Crippen LogP contribution in [0.15, 0.2) is 36.5 Å². The van der Waals surface area contributed by atoms with Gasteiger partial charge in [-0.2, -0.15) is 0 Å². The number of amides is 1. The summed E-state index contributed by atoms with van der Waals surface area (Å²) < 4.78 is 13.5. The molecule has 0 saturated carbocycles. The molecule has 1 amide bonds. The molecule has 132 valence electrons. The Labute approximate surface area is 150 Å². The van der Waals surface area contributed by atoms with Crippen LogP contribution in [0.2, 0.25) is 0 Å². The number of nitrogens with zero attached hydrogens (tertiary/aromatic N) is 2. The highest BCUT2D eigenvalue weighted by Gasteiger charge is 2.29. The van der Waals surface area contributed by atoms with Gasteiger partial charge in [0.25, 0.3) is 0 Å². The maximum Gasteiger partial charge on any atom is 0.221 e. The Bertz CT molecular complexity index is 1020. The summed E-state index contributed by atoms with van der Waals surface area (Å²) in [5.74, 6) is 1.45. The van der Waals surface area contributed by atoms with Gasteiger partial charge < -0.3 is 19.2 Å². The zero-order valence-corrected chi connectivity index (χ0v) is 14.5. The zero-order chi connectivity index (χ0) is 17.7. The van der Waals surface area contributed by atoms with Gasteiger partial charge in [0.05, 0.1) is 17.9 Å². The van der Waals surface area contributed by atoms with E-state index in [9.17, 15) is 4.79 Å². The number of pyridine rings is 1. The highest BCUT2D eigenvalue weighted by molar-refractivity contribution is 5.78. The smallest absolute Gasteiger partial charge is 0.221 e. The number of hydrogen-bond acceptors (Lipinski definition) is 4. The first kappa shape index (κ1) is 15.3. The summed E-state index contributed by atoms with van der Waals surface area (Å²) in [7, 11) is 0. The molecule has 0 spiro atoms. The molecule has 1 aromatic carbocycles. The van der Waals surface area contributed by atoms with E-state index in [1.807, 2.05) is 24.4 Å². The highest BCUT2D eigenvalue weighted by Crippen LogP contribution is 2.38. The van der Waals surface area contributed by atoms with Gasteiger partial charge in [0.1, 0.15) is 18.9 Å². The summed E-state index contributed by atoms with van der Waals surface area (Å²) in [5, 5.41) is 2.97. The summed E-state index contributed by atoms with van der Waals surface area (Å²) in [6.07, 6.45) is 2.42. The SMILES string of the molecule is Cc1ccn2c3c(nc2c1)CNC(=O)CC3c1ccc2c(c1)OCCO2. The molecule has 2 aromatic heterocycles. The molecule has 2 aliphatic rings. The Balaban J connectivity index is 1.68. The Hall–Kier alpha value is -3.02. The van der Waals surface area contributed by atoms with E-state index in [-0.39, 0.29) is 11.8 Å². The normalized spacial score (nSPS) is 19.0. The summed E-state index contributed by atoms with van der Waals surface area (Å²) in [4.78, 5) is 17.1. The number of aromatic nitrogens is 2. The number of fused-ring (bicyclic) bond motifs is 4. The molecule has 6 heteroatoms. The van der Waals surface area contributed by atoms with E-state index in [4.69, 9.17) is 14.5 Å². The Kier molecular flexibility index (Phi) is 3.38. The molecule has 0 fully saturated rings. The minimum absolute atomic E-state index is 0.0313. The second kappa shape index (κ2) is 5.76. The molecule has 26 heavy (non-hydrogen) atoms. The van der Waals surface area contributed by atoms with Gasteiger partial charge in [-0.05, 0) is 42.3 Å². The fourth-order valence-electron chi connectivity index (χ4n) is 3.80. The van der Waals surface area contributed by atoms with Crippen molar-refractivity contribution in [3.8, 4) is 11.5 Å². The Morgan fingerprint density at radius 2 is 2.00 bits per heavy atom. The number of carbonyl (C=O) groups is 1. The molecule has 3 aromatic rings. The number of benzene rings is 1. The first-order chi connectivity index (χ1) is 12.7. The fourth-order valence-corrected chi connectivity index (χ4v) is 3.80. The van der Waals surface area contributed by atoms with E-state index < -0.39 is 0 Å². The first-order valence-electron chi connectivity index (χ1n) is 8.83. The van der Waals surface area contributed by atoms with E-state index in [1.165, 1.54) is 0 Å². The molecule has 1 N–H and O–H groups in total. The molecule has 5 rings (SSSR count). The van der Waals surface area contributed by atoms with Crippen LogP contribution in [-0.2, 0) is 11.3 Å². The van der Waals surface area contributed by atoms with Gasteiger partial charge in [-0.1, -0.05) is 6.07 Å². The number of rotatable bonds is 1. The molecule has 0 saturated heterocycles. The number of imidazole rings is 1. The average molecular weight is 349 g/mol. The van der Waals surface area contributed by atoms with Gasteiger partial charge in [-0.3, -0.25) is 4.79 Å². The van der Waals surface area contributed by atoms with Gasteiger partial charge in [0.15, 0.2) is 11.5 Å². The van der Waals surface area contributed by atoms with Crippen LogP contribution in [0, 0.1) is 6.92 Å². The van der Waals surface area contributed by atoms with E-state index in [0.717, 1.165) is 39.7 Å². The lowest BCUT2D eigenvalue weighted by atomic mass is 9.91. The van der Waals surface area contributed by atoms with E-state index in [1.54, 1.807) is 0 Å². The monoisotopic (exact) mass is 349 g/mol. The zero-order valence-electron chi connectivity index (χ0n) is 14.5. The van der Waals surface area contributed by atoms with Crippen molar-refractivity contribution in [2.75, 3.05) is 13.2 Å². The average Bonchev–Trinajstić information content (AvgIpc) is 2.92. The third-order valence-corrected chi connectivity index (χ3v) is 5.04. The second-order valence-corrected chi connectivity index (χ2v) is 6.81. The lowest BCUT2D eigenvalue weighted by Crippen LogP contribution is -2.21. The number of carbonyl (C=O) groups excluding carboxylic acids is 1. The quantitative estimate of drug-likeness (QED) is 0.733. The van der Waals surface area contributed by atoms with Crippen molar-refractivity contribution in [1.29, 1.82) is 0 Å². The molecule has 1 atom stereocenters. The van der Waals surface area contributed by atoms with Crippen molar-refractivity contribution in [2.45, 2.75) is 25.8 Å². The van der Waals surface area contributed by atoms with Crippen LogP contribution in [0.1, 0.15) is 34.9 Å². The number of ether oxygens (including phenoxy) is 2. The van der Waals surface area contributed by atoms with Crippen LogP contribution < -0.4 is 14.8 Å². The van der Waals surface area contributed by atoms with Gasteiger partial charge in [-0.15, -0.1) is 0 Å². The van der Waals surface area contributed by atoms with Crippen molar-refractivity contribution in [3.63, 3.8) is 0 Å². The third-order valence-electron chi connectivity index (χ3n) is 5.04. The molecule has 1 unspecified atom stereocenters. The molecule has 0 aliphatic carbocycles. The predicted molar refractivity (Wildman–Crippen MR) is 95.7 cm³/mol. The molecule has 6 nitrogen and oxygen atoms in total. The standard InChI is InChI=1S/C20H19N3O3/c1-12-4-5-23-18(8-12)22-15-11-21-19(24)10-14(20(15)23)13-2-3-16-17(9-13)26-7-6-25-16/h2-5,8-9,14H,6-7,10-11H2,1H3,(H,21,24). The lowest BCUT2D eigenvalue weighted by molar-refractivity contribution is -0.121. The molecule has 0 bridgehead atoms. The second-order valence-electron chi connectivity index (χ2n) is 6.81. The van der Waals surface area contributed by atoms with E-state index in [2.05, 4.69) is 28.8 Å². The fraction of sp³-hybridized carbons (Fsp3) is 0.300. The number of aryl methyl sites for hydroxylation is 1. The van der Waals surface area contributed by atoms with Gasteiger partial charge >= 0.3 is 0 Å². The van der Waals surface area contributed by atoms with Crippen molar-refractivity contribution >= 4 is 11.6 Å². The minimum Gasteiger partial charge on any atom is -0.486 e. The maximum atomic E-state index is 12.3. The Morgan fingerprint density at radius 3 is 2.88 bits per heavy atom. The predicted octanol–water partition coefficient (Wildman–Crippen LogP) is 2.57. The van der Waals surface area contributed by atoms with Gasteiger partial charge in [-0.25, -0.2) is 4.98 Å². The molecule has 2 aliphatic heterocycles. The van der Waals surface area contributed by atoms with E-state index >= 15 is 0 Å². The van der Waals surface area contributed by atoms with Crippen LogP contribution in [0.25, 0.3) is 5.65 Å².